The molecule has 0 unspecified atom stereocenters. The molecule has 0 spiro atoms. The van der Waals surface area contributed by atoms with E-state index in [1.54, 1.807) is 0 Å². The lowest BCUT2D eigenvalue weighted by atomic mass is 10.3. The van der Waals surface area contributed by atoms with Gasteiger partial charge >= 0.3 is 0 Å². The first kappa shape index (κ1) is 15.3. The number of hydrogen-bond donors (Lipinski definition) is 1. The minimum absolute atomic E-state index is 0.871. The Kier molecular flexibility index (Phi) is 11.8. The maximum atomic E-state index is 4.50. The van der Waals surface area contributed by atoms with E-state index in [-0.39, 0.29) is 0 Å². The standard InChI is InChI=1S/C13H28N3/c1-4-7-10-14-13(15-11-8-5-2)16-12-9-6-3/h4-12H2,1-3H3,(H,14,15). The Morgan fingerprint density at radius 2 is 1.50 bits per heavy atom. The molecule has 0 aliphatic heterocycles. The van der Waals surface area contributed by atoms with Gasteiger partial charge in [-0.3, -0.25) is 10.3 Å². The van der Waals surface area contributed by atoms with E-state index in [1.165, 1.54) is 25.7 Å². The van der Waals surface area contributed by atoms with Crippen molar-refractivity contribution in [3.05, 3.63) is 0 Å². The van der Waals surface area contributed by atoms with Gasteiger partial charge in [-0.25, -0.2) is 0 Å². The summed E-state index contributed by atoms with van der Waals surface area (Å²) in [6.45, 7) is 9.38. The minimum atomic E-state index is 0.871. The highest BCUT2D eigenvalue weighted by Gasteiger charge is 1.98. The van der Waals surface area contributed by atoms with Crippen LogP contribution in [-0.2, 0) is 0 Å². The van der Waals surface area contributed by atoms with Gasteiger partial charge in [0, 0.05) is 19.6 Å². The summed E-state index contributed by atoms with van der Waals surface area (Å²) in [7, 11) is 0. The van der Waals surface area contributed by atoms with Crippen LogP contribution in [0.3, 0.4) is 0 Å². The van der Waals surface area contributed by atoms with Crippen LogP contribution in [0.2, 0.25) is 0 Å². The van der Waals surface area contributed by atoms with Crippen molar-refractivity contribution >= 4 is 5.96 Å². The molecule has 0 aromatic heterocycles. The molecule has 3 heteroatoms. The van der Waals surface area contributed by atoms with Crippen LogP contribution in [0.15, 0.2) is 4.99 Å². The van der Waals surface area contributed by atoms with Crippen LogP contribution < -0.4 is 10.6 Å². The molecule has 0 aliphatic rings. The van der Waals surface area contributed by atoms with Crippen molar-refractivity contribution in [3.63, 3.8) is 0 Å². The van der Waals surface area contributed by atoms with Gasteiger partial charge in [-0.2, -0.15) is 0 Å². The zero-order valence-electron chi connectivity index (χ0n) is 11.3. The fourth-order valence-electron chi connectivity index (χ4n) is 1.22. The van der Waals surface area contributed by atoms with Crippen molar-refractivity contribution in [3.8, 4) is 0 Å². The summed E-state index contributed by atoms with van der Waals surface area (Å²) < 4.78 is 0. The normalized spacial score (nSPS) is 11.6. The molecular weight excluding hydrogens is 198 g/mol. The van der Waals surface area contributed by atoms with E-state index >= 15 is 0 Å². The summed E-state index contributed by atoms with van der Waals surface area (Å²) in [5, 5.41) is 7.82. The molecule has 1 radical (unpaired) electrons. The van der Waals surface area contributed by atoms with Gasteiger partial charge in [-0.1, -0.05) is 40.0 Å². The van der Waals surface area contributed by atoms with Crippen molar-refractivity contribution in [2.24, 2.45) is 4.99 Å². The summed E-state index contributed by atoms with van der Waals surface area (Å²) in [6, 6.07) is 0. The number of unbranched alkanes of at least 4 members (excludes halogenated alkanes) is 3. The monoisotopic (exact) mass is 226 g/mol. The maximum Gasteiger partial charge on any atom is 0.213 e. The van der Waals surface area contributed by atoms with Crippen molar-refractivity contribution in [2.75, 3.05) is 19.6 Å². The molecule has 0 fully saturated rings. The highest BCUT2D eigenvalue weighted by Crippen LogP contribution is 1.90. The fourth-order valence-corrected chi connectivity index (χ4v) is 1.22. The van der Waals surface area contributed by atoms with Gasteiger partial charge in [0.1, 0.15) is 0 Å². The second-order valence-corrected chi connectivity index (χ2v) is 4.07. The average molecular weight is 226 g/mol. The summed E-state index contributed by atoms with van der Waals surface area (Å²) >= 11 is 0. The van der Waals surface area contributed by atoms with Crippen molar-refractivity contribution in [2.45, 2.75) is 59.3 Å². The number of nitrogens with one attached hydrogen (secondary N) is 1. The van der Waals surface area contributed by atoms with E-state index in [1.807, 2.05) is 0 Å². The summed E-state index contributed by atoms with van der Waals surface area (Å²) in [5.41, 5.74) is 0. The molecule has 0 aromatic rings. The molecule has 0 saturated carbocycles. The molecule has 0 amide bonds. The first-order valence-electron chi connectivity index (χ1n) is 6.80. The van der Waals surface area contributed by atoms with Crippen LogP contribution in [-0.4, -0.2) is 25.6 Å². The van der Waals surface area contributed by atoms with Gasteiger partial charge in [0.25, 0.3) is 0 Å². The maximum absolute atomic E-state index is 4.50. The number of guanidine groups is 1. The van der Waals surface area contributed by atoms with Gasteiger partial charge in [0.2, 0.25) is 5.96 Å². The highest BCUT2D eigenvalue weighted by molar-refractivity contribution is 5.79. The largest absolute Gasteiger partial charge is 0.355 e. The molecule has 1 N–H and O–H groups in total. The van der Waals surface area contributed by atoms with Crippen LogP contribution in [0.4, 0.5) is 0 Å². The molecule has 0 heterocycles. The molecule has 0 aromatic carbocycles. The van der Waals surface area contributed by atoms with Gasteiger partial charge in [0.15, 0.2) is 0 Å². The first-order valence-corrected chi connectivity index (χ1v) is 6.80. The zero-order valence-corrected chi connectivity index (χ0v) is 11.3. The van der Waals surface area contributed by atoms with E-state index in [0.29, 0.717) is 0 Å². The Balaban J connectivity index is 3.79. The average Bonchev–Trinajstić information content (AvgIpc) is 2.29. The molecule has 0 aliphatic carbocycles. The number of rotatable bonds is 9. The number of hydrogen-bond acceptors (Lipinski definition) is 1. The van der Waals surface area contributed by atoms with Crippen molar-refractivity contribution in [1.29, 1.82) is 0 Å². The van der Waals surface area contributed by atoms with Crippen LogP contribution >= 0.6 is 0 Å². The predicted molar refractivity (Wildman–Crippen MR) is 72.0 cm³/mol. The second-order valence-electron chi connectivity index (χ2n) is 4.07. The van der Waals surface area contributed by atoms with Crippen LogP contribution in [0, 0.1) is 0 Å². The molecule has 95 valence electrons. The van der Waals surface area contributed by atoms with Gasteiger partial charge in [-0.05, 0) is 19.3 Å². The minimum Gasteiger partial charge on any atom is -0.355 e. The van der Waals surface area contributed by atoms with Crippen molar-refractivity contribution < 1.29 is 0 Å². The summed E-state index contributed by atoms with van der Waals surface area (Å²) in [5.74, 6) is 0.871. The van der Waals surface area contributed by atoms with Gasteiger partial charge < -0.3 is 5.32 Å². The van der Waals surface area contributed by atoms with Crippen LogP contribution in [0.5, 0.6) is 0 Å². The van der Waals surface area contributed by atoms with E-state index in [0.717, 1.165) is 38.4 Å². The highest BCUT2D eigenvalue weighted by atomic mass is 15.2. The van der Waals surface area contributed by atoms with Gasteiger partial charge in [-0.15, -0.1) is 0 Å². The van der Waals surface area contributed by atoms with Crippen molar-refractivity contribution in [1.82, 2.24) is 10.6 Å². The quantitative estimate of drug-likeness (QED) is 0.366. The van der Waals surface area contributed by atoms with Gasteiger partial charge in [0.05, 0.1) is 0 Å². The van der Waals surface area contributed by atoms with Crippen LogP contribution in [0.25, 0.3) is 0 Å². The summed E-state index contributed by atoms with van der Waals surface area (Å²) in [4.78, 5) is 4.50. The van der Waals surface area contributed by atoms with E-state index in [4.69, 9.17) is 0 Å². The Morgan fingerprint density at radius 1 is 0.875 bits per heavy atom. The second kappa shape index (κ2) is 12.3. The SMILES string of the molecule is CCCC[N]C(=NCCCC)NCCCC. The zero-order chi connectivity index (χ0) is 12.1. The topological polar surface area (TPSA) is 38.5 Å². The smallest absolute Gasteiger partial charge is 0.213 e. The first-order chi connectivity index (χ1) is 7.85. The predicted octanol–water partition coefficient (Wildman–Crippen LogP) is 2.94. The molecule has 3 nitrogen and oxygen atoms in total. The summed E-state index contributed by atoms with van der Waals surface area (Å²) in [6.07, 6.45) is 7.10. The molecule has 0 bridgehead atoms. The van der Waals surface area contributed by atoms with E-state index in [9.17, 15) is 0 Å². The Bertz CT molecular complexity index is 155. The Hall–Kier alpha value is -0.730. The lowest BCUT2D eigenvalue weighted by Gasteiger charge is -2.09. The fraction of sp³-hybridized carbons (Fsp3) is 0.923. The van der Waals surface area contributed by atoms with E-state index < -0.39 is 0 Å². The Labute approximate surface area is 101 Å². The number of nitrogens with zero attached hydrogens (tertiary/aromatic N) is 2. The molecule has 16 heavy (non-hydrogen) atoms. The lowest BCUT2D eigenvalue weighted by Crippen LogP contribution is -2.33. The Morgan fingerprint density at radius 3 is 2.12 bits per heavy atom. The molecule has 0 atom stereocenters. The third-order valence-corrected chi connectivity index (χ3v) is 2.36. The van der Waals surface area contributed by atoms with Crippen LogP contribution in [0.1, 0.15) is 59.3 Å². The third kappa shape index (κ3) is 9.81. The molecule has 0 saturated heterocycles. The number of aliphatic imine (C=N–C) groups is 1. The third-order valence-electron chi connectivity index (χ3n) is 2.36. The molecular formula is C13H28N3. The molecule has 0 rings (SSSR count). The lowest BCUT2D eigenvalue weighted by molar-refractivity contribution is 0.691. The van der Waals surface area contributed by atoms with E-state index in [2.05, 4.69) is 36.4 Å².